The third-order valence-corrected chi connectivity index (χ3v) is 4.48. The number of benzene rings is 1. The minimum Gasteiger partial charge on any atom is -0.389 e. The van der Waals surface area contributed by atoms with Gasteiger partial charge in [0.15, 0.2) is 0 Å². The number of hydrogen-bond acceptors (Lipinski definition) is 5. The van der Waals surface area contributed by atoms with Gasteiger partial charge in [0.05, 0.1) is 38.6 Å². The molecule has 3 amide bonds. The molecule has 1 aromatic rings. The van der Waals surface area contributed by atoms with Gasteiger partial charge in [0.2, 0.25) is 0 Å². The third kappa shape index (κ3) is 10.6. The molecule has 1 atom stereocenters. The van der Waals surface area contributed by atoms with E-state index in [0.29, 0.717) is 24.5 Å². The van der Waals surface area contributed by atoms with Crippen molar-refractivity contribution in [3.8, 4) is 0 Å². The first-order valence-electron chi connectivity index (χ1n) is 11.1. The second-order valence-electron chi connectivity index (χ2n) is 7.83. The molecule has 1 unspecified atom stereocenters. The van der Waals surface area contributed by atoms with E-state index in [2.05, 4.69) is 19.2 Å². The highest BCUT2D eigenvalue weighted by molar-refractivity contribution is 5.95. The van der Waals surface area contributed by atoms with Crippen LogP contribution in [0, 0.1) is 0 Å². The van der Waals surface area contributed by atoms with Gasteiger partial charge in [0.25, 0.3) is 5.91 Å². The van der Waals surface area contributed by atoms with E-state index in [-0.39, 0.29) is 31.2 Å². The van der Waals surface area contributed by atoms with Crippen LogP contribution >= 0.6 is 0 Å². The van der Waals surface area contributed by atoms with Gasteiger partial charge in [-0.1, -0.05) is 13.8 Å². The summed E-state index contributed by atoms with van der Waals surface area (Å²) in [5.41, 5.74) is 1.18. The number of aliphatic hydroxyl groups excluding tert-OH is 1. The van der Waals surface area contributed by atoms with Crippen LogP contribution in [-0.2, 0) is 9.47 Å². The highest BCUT2D eigenvalue weighted by atomic mass is 16.5. The number of amides is 3. The third-order valence-electron chi connectivity index (χ3n) is 4.48. The van der Waals surface area contributed by atoms with Crippen molar-refractivity contribution in [2.45, 2.75) is 52.7 Å². The summed E-state index contributed by atoms with van der Waals surface area (Å²) in [7, 11) is 1.60. The maximum absolute atomic E-state index is 12.6. The molecule has 2 N–H and O–H groups in total. The predicted molar refractivity (Wildman–Crippen MR) is 122 cm³/mol. The molecule has 0 heterocycles. The number of aliphatic hydroxyl groups is 1. The lowest BCUT2D eigenvalue weighted by Crippen LogP contribution is -2.39. The van der Waals surface area contributed by atoms with Crippen LogP contribution in [0.5, 0.6) is 0 Å². The summed E-state index contributed by atoms with van der Waals surface area (Å²) in [6, 6.07) is 6.52. The zero-order chi connectivity index (χ0) is 23.2. The van der Waals surface area contributed by atoms with E-state index in [9.17, 15) is 14.7 Å². The van der Waals surface area contributed by atoms with E-state index >= 15 is 0 Å². The Labute approximate surface area is 186 Å². The van der Waals surface area contributed by atoms with E-state index in [1.54, 1.807) is 31.3 Å². The Morgan fingerprint density at radius 3 is 2.23 bits per heavy atom. The summed E-state index contributed by atoms with van der Waals surface area (Å²) in [4.78, 5) is 28.2. The van der Waals surface area contributed by atoms with Crippen LogP contribution in [0.15, 0.2) is 24.3 Å². The first-order valence-corrected chi connectivity index (χ1v) is 11.1. The fraction of sp³-hybridized carbons (Fsp3) is 0.652. The number of carbonyl (C=O) groups is 2. The van der Waals surface area contributed by atoms with Crippen LogP contribution < -0.4 is 5.32 Å². The zero-order valence-corrected chi connectivity index (χ0v) is 19.6. The van der Waals surface area contributed by atoms with Gasteiger partial charge < -0.3 is 29.7 Å². The van der Waals surface area contributed by atoms with Gasteiger partial charge in [-0.15, -0.1) is 0 Å². The maximum Gasteiger partial charge on any atom is 0.321 e. The number of nitrogens with one attached hydrogen (secondary N) is 1. The Morgan fingerprint density at radius 2 is 1.68 bits per heavy atom. The summed E-state index contributed by atoms with van der Waals surface area (Å²) in [5.74, 6) is 0.000566. The number of likely N-dealkylation sites (N-methyl/N-ethyl adjacent to an activating group) is 1. The van der Waals surface area contributed by atoms with Crippen LogP contribution in [0.1, 0.15) is 50.9 Å². The SMILES string of the molecule is CCCN(CCC)C(=O)c1ccc(NC(=O)N(C)CC(O)COCCOC(C)C)cc1. The Kier molecular flexibility index (Phi) is 12.8. The normalized spacial score (nSPS) is 12.0. The molecule has 0 fully saturated rings. The lowest BCUT2D eigenvalue weighted by molar-refractivity contribution is -0.0144. The molecule has 0 spiro atoms. The van der Waals surface area contributed by atoms with Crippen molar-refractivity contribution in [1.82, 2.24) is 9.80 Å². The first kappa shape index (κ1) is 26.9. The number of nitrogens with zero attached hydrogens (tertiary/aromatic N) is 2. The molecule has 0 saturated carbocycles. The van der Waals surface area contributed by atoms with E-state index in [4.69, 9.17) is 9.47 Å². The van der Waals surface area contributed by atoms with Crippen molar-refractivity contribution in [3.05, 3.63) is 29.8 Å². The van der Waals surface area contributed by atoms with Crippen LogP contribution in [0.25, 0.3) is 0 Å². The molecule has 1 rings (SSSR count). The molecule has 0 radical (unpaired) electrons. The van der Waals surface area contributed by atoms with Crippen molar-refractivity contribution in [2.24, 2.45) is 0 Å². The van der Waals surface area contributed by atoms with Crippen LogP contribution in [0.3, 0.4) is 0 Å². The lowest BCUT2D eigenvalue weighted by Gasteiger charge is -2.22. The summed E-state index contributed by atoms with van der Waals surface area (Å²) in [6.07, 6.45) is 1.17. The van der Waals surface area contributed by atoms with E-state index in [1.807, 2.05) is 18.7 Å². The molecule has 0 bridgehead atoms. The van der Waals surface area contributed by atoms with Crippen molar-refractivity contribution < 1.29 is 24.2 Å². The van der Waals surface area contributed by atoms with Gasteiger partial charge in [-0.05, 0) is 51.0 Å². The fourth-order valence-electron chi connectivity index (χ4n) is 2.97. The van der Waals surface area contributed by atoms with Gasteiger partial charge >= 0.3 is 6.03 Å². The molecule has 8 heteroatoms. The molecule has 0 aliphatic rings. The molecular formula is C23H39N3O5. The molecular weight excluding hydrogens is 398 g/mol. The lowest BCUT2D eigenvalue weighted by atomic mass is 10.1. The quantitative estimate of drug-likeness (QED) is 0.436. The number of rotatable bonds is 14. The summed E-state index contributed by atoms with van der Waals surface area (Å²) in [5, 5.41) is 12.8. The average molecular weight is 438 g/mol. The molecule has 0 aromatic heterocycles. The second kappa shape index (κ2) is 14.8. The molecule has 31 heavy (non-hydrogen) atoms. The Balaban J connectivity index is 2.47. The number of urea groups is 1. The Bertz CT molecular complexity index is 645. The predicted octanol–water partition coefficient (Wildman–Crippen LogP) is 3.22. The summed E-state index contributed by atoms with van der Waals surface area (Å²) in [6.45, 7) is 10.6. The number of ether oxygens (including phenoxy) is 2. The smallest absolute Gasteiger partial charge is 0.321 e. The van der Waals surface area contributed by atoms with Crippen LogP contribution in [0.2, 0.25) is 0 Å². The summed E-state index contributed by atoms with van der Waals surface area (Å²) < 4.78 is 10.7. The molecule has 1 aromatic carbocycles. The number of carbonyl (C=O) groups excluding carboxylic acids is 2. The fourth-order valence-corrected chi connectivity index (χ4v) is 2.97. The zero-order valence-electron chi connectivity index (χ0n) is 19.6. The summed E-state index contributed by atoms with van der Waals surface area (Å²) >= 11 is 0. The first-order chi connectivity index (χ1) is 14.8. The molecule has 0 aliphatic heterocycles. The van der Waals surface area contributed by atoms with Crippen LogP contribution in [0.4, 0.5) is 10.5 Å². The van der Waals surface area contributed by atoms with Gasteiger partial charge in [-0.25, -0.2) is 4.79 Å². The standard InChI is InChI=1S/C23H39N3O5/c1-6-12-26(13-7-2)22(28)19-8-10-20(11-9-19)24-23(29)25(5)16-21(27)17-30-14-15-31-18(3)4/h8-11,18,21,27H,6-7,12-17H2,1-5H3,(H,24,29). The van der Waals surface area contributed by atoms with Gasteiger partial charge in [0, 0.05) is 31.4 Å². The minimum absolute atomic E-state index is 0.000566. The number of anilines is 1. The van der Waals surface area contributed by atoms with Gasteiger partial charge in [-0.2, -0.15) is 0 Å². The van der Waals surface area contributed by atoms with Crippen molar-refractivity contribution in [2.75, 3.05) is 51.8 Å². The number of hydrogen-bond donors (Lipinski definition) is 2. The topological polar surface area (TPSA) is 91.3 Å². The molecule has 176 valence electrons. The maximum atomic E-state index is 12.6. The Hall–Kier alpha value is -2.16. The van der Waals surface area contributed by atoms with E-state index < -0.39 is 6.10 Å². The molecule has 0 aliphatic carbocycles. The molecule has 0 saturated heterocycles. The monoisotopic (exact) mass is 437 g/mol. The van der Waals surface area contributed by atoms with Crippen molar-refractivity contribution in [1.29, 1.82) is 0 Å². The van der Waals surface area contributed by atoms with E-state index in [1.165, 1.54) is 4.90 Å². The minimum atomic E-state index is -0.794. The average Bonchev–Trinajstić information content (AvgIpc) is 2.73. The second-order valence-corrected chi connectivity index (χ2v) is 7.83. The van der Waals surface area contributed by atoms with Gasteiger partial charge in [0.1, 0.15) is 0 Å². The Morgan fingerprint density at radius 1 is 1.06 bits per heavy atom. The van der Waals surface area contributed by atoms with Crippen molar-refractivity contribution >= 4 is 17.6 Å². The highest BCUT2D eigenvalue weighted by Gasteiger charge is 2.16. The van der Waals surface area contributed by atoms with Crippen LogP contribution in [-0.4, -0.2) is 85.6 Å². The molecule has 8 nitrogen and oxygen atoms in total. The van der Waals surface area contributed by atoms with E-state index in [0.717, 1.165) is 25.9 Å². The van der Waals surface area contributed by atoms with Crippen molar-refractivity contribution in [3.63, 3.8) is 0 Å². The highest BCUT2D eigenvalue weighted by Crippen LogP contribution is 2.13. The largest absolute Gasteiger partial charge is 0.389 e. The van der Waals surface area contributed by atoms with Gasteiger partial charge in [-0.3, -0.25) is 4.79 Å².